The summed E-state index contributed by atoms with van der Waals surface area (Å²) in [7, 11) is 6.77. The molecular formula is C11H18N2O2S2. The molecule has 0 aromatic carbocycles. The number of carbonyl (C=O) groups excluding carboxylic acids is 2. The summed E-state index contributed by atoms with van der Waals surface area (Å²) in [5.41, 5.74) is 0. The summed E-state index contributed by atoms with van der Waals surface area (Å²) in [6.07, 6.45) is 3.64. The van der Waals surface area contributed by atoms with Crippen molar-refractivity contribution in [2.45, 2.75) is 6.92 Å². The third-order valence-corrected chi connectivity index (χ3v) is 3.66. The van der Waals surface area contributed by atoms with Crippen molar-refractivity contribution in [2.24, 2.45) is 0 Å². The van der Waals surface area contributed by atoms with E-state index in [9.17, 15) is 9.59 Å². The zero-order valence-electron chi connectivity index (χ0n) is 10.8. The Morgan fingerprint density at radius 3 is 1.94 bits per heavy atom. The van der Waals surface area contributed by atoms with Gasteiger partial charge >= 0.3 is 0 Å². The molecular weight excluding hydrogens is 256 g/mol. The zero-order chi connectivity index (χ0) is 13.4. The van der Waals surface area contributed by atoms with Gasteiger partial charge in [-0.05, 0) is 35.9 Å². The molecule has 4 nitrogen and oxygen atoms in total. The van der Waals surface area contributed by atoms with E-state index in [-0.39, 0.29) is 10.5 Å². The Kier molecular flexibility index (Phi) is 7.82. The fraction of sp³-hybridized carbons (Fsp3) is 0.455. The van der Waals surface area contributed by atoms with Crippen LogP contribution >= 0.6 is 23.5 Å². The highest BCUT2D eigenvalue weighted by Crippen LogP contribution is 2.24. The van der Waals surface area contributed by atoms with E-state index in [1.54, 1.807) is 33.6 Å². The third kappa shape index (κ3) is 7.12. The molecule has 0 rings (SSSR count). The lowest BCUT2D eigenvalue weighted by Gasteiger charge is -2.10. The molecule has 0 radical (unpaired) electrons. The summed E-state index contributed by atoms with van der Waals surface area (Å²) in [6.45, 7) is 1.87. The molecule has 6 heteroatoms. The highest BCUT2D eigenvalue weighted by molar-refractivity contribution is 8.19. The minimum absolute atomic E-state index is 0.0627. The Labute approximate surface area is 111 Å². The van der Waals surface area contributed by atoms with Gasteiger partial charge in [-0.2, -0.15) is 0 Å². The maximum atomic E-state index is 11.5. The summed E-state index contributed by atoms with van der Waals surface area (Å²) in [5, 5.41) is 1.56. The number of allylic oxidation sites excluding steroid dienone is 2. The van der Waals surface area contributed by atoms with Gasteiger partial charge in [0, 0.05) is 33.1 Å². The average Bonchev–Trinajstić information content (AvgIpc) is 2.25. The van der Waals surface area contributed by atoms with Crippen molar-refractivity contribution in [3.05, 3.63) is 22.5 Å². The maximum Gasteiger partial charge on any atom is 0.285 e. The van der Waals surface area contributed by atoms with Crippen molar-refractivity contribution in [3.63, 3.8) is 0 Å². The molecule has 0 fully saturated rings. The Balaban J connectivity index is 4.58. The van der Waals surface area contributed by atoms with E-state index in [2.05, 4.69) is 0 Å². The van der Waals surface area contributed by atoms with Gasteiger partial charge in [-0.3, -0.25) is 9.59 Å². The molecule has 0 spiro atoms. The number of amides is 2. The largest absolute Gasteiger partial charge is 0.339 e. The van der Waals surface area contributed by atoms with Crippen LogP contribution in [0.1, 0.15) is 6.92 Å². The monoisotopic (exact) mass is 274 g/mol. The first-order valence-electron chi connectivity index (χ1n) is 4.98. The lowest BCUT2D eigenvalue weighted by Crippen LogP contribution is -2.16. The number of rotatable bonds is 3. The number of carbonyl (C=O) groups is 2. The first-order valence-corrected chi connectivity index (χ1v) is 6.68. The van der Waals surface area contributed by atoms with Gasteiger partial charge in [0.25, 0.3) is 10.5 Å². The number of thioether (sulfide) groups is 2. The lowest BCUT2D eigenvalue weighted by atomic mass is 10.5. The smallest absolute Gasteiger partial charge is 0.285 e. The molecule has 0 bridgehead atoms. The third-order valence-electron chi connectivity index (χ3n) is 1.54. The average molecular weight is 274 g/mol. The van der Waals surface area contributed by atoms with Crippen LogP contribution in [0.25, 0.3) is 0 Å². The van der Waals surface area contributed by atoms with Crippen LogP contribution in [-0.2, 0) is 0 Å². The van der Waals surface area contributed by atoms with Crippen LogP contribution in [0, 0.1) is 0 Å². The molecule has 0 N–H and O–H groups in total. The minimum Gasteiger partial charge on any atom is -0.339 e. The maximum absolute atomic E-state index is 11.5. The molecule has 17 heavy (non-hydrogen) atoms. The summed E-state index contributed by atoms with van der Waals surface area (Å²) in [6, 6.07) is 0. The van der Waals surface area contributed by atoms with Gasteiger partial charge in [-0.1, -0.05) is 12.2 Å². The van der Waals surface area contributed by atoms with Crippen LogP contribution in [0.15, 0.2) is 22.5 Å². The molecule has 0 atom stereocenters. The molecule has 2 amide bonds. The Morgan fingerprint density at radius 1 is 1.00 bits per heavy atom. The zero-order valence-corrected chi connectivity index (χ0v) is 12.4. The number of nitrogens with zero attached hydrogens (tertiary/aromatic N) is 2. The van der Waals surface area contributed by atoms with Gasteiger partial charge in [0.15, 0.2) is 0 Å². The normalized spacial score (nSPS) is 11.7. The fourth-order valence-electron chi connectivity index (χ4n) is 0.668. The molecule has 0 aliphatic rings. The van der Waals surface area contributed by atoms with E-state index in [1.807, 2.05) is 19.1 Å². The molecule has 0 heterocycles. The SMILES string of the molecule is C/C=C\C(=C/SC(=O)N(C)C)SC(=O)N(C)C. The molecule has 0 aromatic heterocycles. The van der Waals surface area contributed by atoms with Crippen molar-refractivity contribution < 1.29 is 9.59 Å². The quantitative estimate of drug-likeness (QED) is 0.741. The van der Waals surface area contributed by atoms with Crippen LogP contribution in [0.4, 0.5) is 9.59 Å². The van der Waals surface area contributed by atoms with E-state index >= 15 is 0 Å². The number of hydrogen-bond acceptors (Lipinski definition) is 4. The van der Waals surface area contributed by atoms with E-state index < -0.39 is 0 Å². The van der Waals surface area contributed by atoms with E-state index in [0.717, 1.165) is 28.4 Å². The molecule has 0 aliphatic carbocycles. The van der Waals surface area contributed by atoms with Crippen LogP contribution in [-0.4, -0.2) is 48.5 Å². The summed E-state index contributed by atoms with van der Waals surface area (Å²) in [4.78, 5) is 26.7. The van der Waals surface area contributed by atoms with Crippen molar-refractivity contribution in [1.29, 1.82) is 0 Å². The predicted octanol–water partition coefficient (Wildman–Crippen LogP) is 3.23. The summed E-state index contributed by atoms with van der Waals surface area (Å²) < 4.78 is 0. The summed E-state index contributed by atoms with van der Waals surface area (Å²) in [5.74, 6) is 0. The fourth-order valence-corrected chi connectivity index (χ4v) is 2.10. The first kappa shape index (κ1) is 16.1. The predicted molar refractivity (Wildman–Crippen MR) is 76.2 cm³/mol. The van der Waals surface area contributed by atoms with Crippen molar-refractivity contribution in [3.8, 4) is 0 Å². The minimum atomic E-state index is -0.0649. The number of hydrogen-bond donors (Lipinski definition) is 0. The second kappa shape index (κ2) is 8.25. The standard InChI is InChI=1S/C11H18N2O2S2/c1-6-7-9(17-11(15)13(4)5)8-16-10(14)12(2)3/h6-8H,1-5H3/b7-6-,9-8+. The van der Waals surface area contributed by atoms with Gasteiger partial charge in [0.1, 0.15) is 0 Å². The molecule has 0 unspecified atom stereocenters. The van der Waals surface area contributed by atoms with Crippen LogP contribution in [0.3, 0.4) is 0 Å². The Hall–Kier alpha value is -0.880. The Bertz CT molecular complexity index is 336. The first-order chi connectivity index (χ1) is 7.88. The van der Waals surface area contributed by atoms with Crippen molar-refractivity contribution >= 4 is 34.0 Å². The van der Waals surface area contributed by atoms with Gasteiger partial charge in [-0.15, -0.1) is 0 Å². The van der Waals surface area contributed by atoms with Crippen LogP contribution in [0.2, 0.25) is 0 Å². The lowest BCUT2D eigenvalue weighted by molar-refractivity contribution is 0.240. The molecule has 0 aliphatic heterocycles. The van der Waals surface area contributed by atoms with E-state index in [4.69, 9.17) is 0 Å². The van der Waals surface area contributed by atoms with E-state index in [0.29, 0.717) is 0 Å². The van der Waals surface area contributed by atoms with Gasteiger partial charge in [0.05, 0.1) is 0 Å². The second-order valence-electron chi connectivity index (χ2n) is 3.56. The molecule has 96 valence electrons. The van der Waals surface area contributed by atoms with Gasteiger partial charge in [-0.25, -0.2) is 0 Å². The Morgan fingerprint density at radius 2 is 1.53 bits per heavy atom. The van der Waals surface area contributed by atoms with Crippen LogP contribution < -0.4 is 0 Å². The molecule has 0 saturated heterocycles. The summed E-state index contributed by atoms with van der Waals surface area (Å²) >= 11 is 2.17. The van der Waals surface area contributed by atoms with Crippen molar-refractivity contribution in [1.82, 2.24) is 9.80 Å². The second-order valence-corrected chi connectivity index (χ2v) is 5.41. The topological polar surface area (TPSA) is 40.6 Å². The highest BCUT2D eigenvalue weighted by atomic mass is 32.2. The van der Waals surface area contributed by atoms with Crippen LogP contribution in [0.5, 0.6) is 0 Å². The molecule has 0 aromatic rings. The van der Waals surface area contributed by atoms with E-state index in [1.165, 1.54) is 9.80 Å². The van der Waals surface area contributed by atoms with Gasteiger partial charge < -0.3 is 9.80 Å². The van der Waals surface area contributed by atoms with Crippen molar-refractivity contribution in [2.75, 3.05) is 28.2 Å². The molecule has 0 saturated carbocycles. The highest BCUT2D eigenvalue weighted by Gasteiger charge is 2.08. The van der Waals surface area contributed by atoms with Gasteiger partial charge in [0.2, 0.25) is 0 Å².